The van der Waals surface area contributed by atoms with Gasteiger partial charge in [0.1, 0.15) is 18.2 Å². The van der Waals surface area contributed by atoms with Crippen molar-refractivity contribution in [2.45, 2.75) is 6.61 Å². The van der Waals surface area contributed by atoms with Gasteiger partial charge in [-0.2, -0.15) is 0 Å². The van der Waals surface area contributed by atoms with Crippen LogP contribution in [0, 0.1) is 11.6 Å². The van der Waals surface area contributed by atoms with Gasteiger partial charge in [-0.1, -0.05) is 23.7 Å². The Morgan fingerprint density at radius 3 is 2.37 bits per heavy atom. The Labute approximate surface area is 161 Å². The highest BCUT2D eigenvalue weighted by Gasteiger charge is 2.14. The molecule has 2 N–H and O–H groups in total. The molecule has 0 aliphatic rings. The van der Waals surface area contributed by atoms with Crippen LogP contribution in [0.3, 0.4) is 0 Å². The molecule has 3 aromatic rings. The van der Waals surface area contributed by atoms with Gasteiger partial charge in [-0.25, -0.2) is 13.8 Å². The summed E-state index contributed by atoms with van der Waals surface area (Å²) in [6.45, 7) is -0.267. The lowest BCUT2D eigenvalue weighted by Gasteiger charge is -2.14. The van der Waals surface area contributed by atoms with Crippen molar-refractivity contribution in [1.82, 2.24) is 4.98 Å². The number of rotatable bonds is 5. The molecule has 7 heteroatoms. The van der Waals surface area contributed by atoms with Crippen molar-refractivity contribution in [1.29, 1.82) is 0 Å². The van der Waals surface area contributed by atoms with Crippen molar-refractivity contribution in [2.24, 2.45) is 0 Å². The molecular weight excluding hydrogens is 372 g/mol. The third-order valence-corrected chi connectivity index (χ3v) is 4.52. The third kappa shape index (κ3) is 4.11. The molecule has 1 heterocycles. The summed E-state index contributed by atoms with van der Waals surface area (Å²) in [5, 5.41) is -0.308. The standard InChI is InChI=1S/C20H18ClF2N3O/c1-26(2)14-5-3-12(4-6-14)13-9-18(20(24)25-10-13)27-11-15-16(22)7-8-17(23)19(15)21/h3-10H,11H2,1-2H3,(H2,24,25). The number of aromatic nitrogens is 1. The zero-order valence-electron chi connectivity index (χ0n) is 14.8. The summed E-state index contributed by atoms with van der Waals surface area (Å²) in [6, 6.07) is 11.5. The molecule has 140 valence electrons. The Hall–Kier alpha value is -2.86. The molecule has 0 saturated carbocycles. The average Bonchev–Trinajstić information content (AvgIpc) is 2.66. The number of nitrogens with two attached hydrogens (primary N) is 1. The summed E-state index contributed by atoms with van der Waals surface area (Å²) in [7, 11) is 3.92. The number of halogens is 3. The molecule has 27 heavy (non-hydrogen) atoms. The van der Waals surface area contributed by atoms with Crippen molar-refractivity contribution in [3.63, 3.8) is 0 Å². The van der Waals surface area contributed by atoms with E-state index in [9.17, 15) is 8.78 Å². The summed E-state index contributed by atoms with van der Waals surface area (Å²) in [5.41, 5.74) is 8.56. The van der Waals surface area contributed by atoms with Gasteiger partial charge in [0.05, 0.1) is 5.02 Å². The summed E-state index contributed by atoms with van der Waals surface area (Å²) in [5.74, 6) is -0.943. The lowest BCUT2D eigenvalue weighted by molar-refractivity contribution is 0.300. The highest BCUT2D eigenvalue weighted by atomic mass is 35.5. The first-order valence-electron chi connectivity index (χ1n) is 8.15. The predicted molar refractivity (Wildman–Crippen MR) is 104 cm³/mol. The number of hydrogen-bond acceptors (Lipinski definition) is 4. The largest absolute Gasteiger partial charge is 0.485 e. The van der Waals surface area contributed by atoms with Crippen LogP contribution in [0.15, 0.2) is 48.7 Å². The normalized spacial score (nSPS) is 10.7. The summed E-state index contributed by atoms with van der Waals surface area (Å²) in [6.07, 6.45) is 1.63. The quantitative estimate of drug-likeness (QED) is 0.630. The topological polar surface area (TPSA) is 51.4 Å². The van der Waals surface area contributed by atoms with E-state index in [1.807, 2.05) is 43.3 Å². The number of benzene rings is 2. The number of anilines is 2. The molecule has 2 aromatic carbocycles. The second kappa shape index (κ2) is 7.80. The van der Waals surface area contributed by atoms with Crippen LogP contribution in [-0.4, -0.2) is 19.1 Å². The summed E-state index contributed by atoms with van der Waals surface area (Å²) >= 11 is 5.83. The Morgan fingerprint density at radius 2 is 1.70 bits per heavy atom. The average molecular weight is 390 g/mol. The van der Waals surface area contributed by atoms with Crippen LogP contribution in [0.4, 0.5) is 20.3 Å². The maximum atomic E-state index is 13.9. The summed E-state index contributed by atoms with van der Waals surface area (Å²) in [4.78, 5) is 6.13. The van der Waals surface area contributed by atoms with Gasteiger partial charge in [0.15, 0.2) is 11.6 Å². The van der Waals surface area contributed by atoms with Gasteiger partial charge in [0.2, 0.25) is 0 Å². The fraction of sp³-hybridized carbons (Fsp3) is 0.150. The van der Waals surface area contributed by atoms with Crippen LogP contribution < -0.4 is 15.4 Å². The molecule has 0 spiro atoms. The number of pyridine rings is 1. The van der Waals surface area contributed by atoms with Crippen LogP contribution >= 0.6 is 11.6 Å². The maximum absolute atomic E-state index is 13.9. The number of hydrogen-bond donors (Lipinski definition) is 1. The first-order valence-corrected chi connectivity index (χ1v) is 8.53. The van der Waals surface area contributed by atoms with E-state index >= 15 is 0 Å². The molecule has 0 unspecified atom stereocenters. The molecule has 0 saturated heterocycles. The minimum absolute atomic E-state index is 0.0724. The highest BCUT2D eigenvalue weighted by Crippen LogP contribution is 2.30. The Morgan fingerprint density at radius 1 is 1.04 bits per heavy atom. The van der Waals surface area contributed by atoms with E-state index in [1.54, 1.807) is 12.3 Å². The van der Waals surface area contributed by atoms with Crippen molar-refractivity contribution >= 4 is 23.1 Å². The SMILES string of the molecule is CN(C)c1ccc(-c2cnc(N)c(OCc3c(F)ccc(F)c3Cl)c2)cc1. The van der Waals surface area contributed by atoms with Crippen LogP contribution in [0.2, 0.25) is 5.02 Å². The van der Waals surface area contributed by atoms with Gasteiger partial charge in [-0.3, -0.25) is 0 Å². The number of nitrogen functional groups attached to an aromatic ring is 1. The Kier molecular flexibility index (Phi) is 5.46. The van der Waals surface area contributed by atoms with Gasteiger partial charge in [-0.05, 0) is 35.9 Å². The van der Waals surface area contributed by atoms with Crippen LogP contribution in [-0.2, 0) is 6.61 Å². The molecule has 0 aliphatic heterocycles. The molecule has 0 amide bonds. The van der Waals surface area contributed by atoms with E-state index < -0.39 is 11.6 Å². The van der Waals surface area contributed by atoms with Crippen LogP contribution in [0.1, 0.15) is 5.56 Å². The zero-order valence-corrected chi connectivity index (χ0v) is 15.6. The van der Waals surface area contributed by atoms with E-state index in [-0.39, 0.29) is 28.8 Å². The van der Waals surface area contributed by atoms with E-state index in [0.717, 1.165) is 28.9 Å². The second-order valence-electron chi connectivity index (χ2n) is 6.16. The fourth-order valence-corrected chi connectivity index (χ4v) is 2.74. The van der Waals surface area contributed by atoms with Crippen molar-refractivity contribution in [2.75, 3.05) is 24.7 Å². The monoisotopic (exact) mass is 389 g/mol. The van der Waals surface area contributed by atoms with Crippen LogP contribution in [0.5, 0.6) is 5.75 Å². The van der Waals surface area contributed by atoms with Gasteiger partial charge in [0.25, 0.3) is 0 Å². The Balaban J connectivity index is 1.85. The zero-order chi connectivity index (χ0) is 19.6. The van der Waals surface area contributed by atoms with Crippen molar-refractivity contribution in [3.05, 3.63) is 70.9 Å². The predicted octanol–water partition coefficient (Wildman–Crippen LogP) is 4.91. The number of nitrogens with zero attached hydrogens (tertiary/aromatic N) is 2. The molecule has 0 aliphatic carbocycles. The molecule has 4 nitrogen and oxygen atoms in total. The fourth-order valence-electron chi connectivity index (χ4n) is 2.53. The highest BCUT2D eigenvalue weighted by molar-refractivity contribution is 6.31. The van der Waals surface area contributed by atoms with Crippen molar-refractivity contribution in [3.8, 4) is 16.9 Å². The summed E-state index contributed by atoms with van der Waals surface area (Å²) < 4.78 is 33.0. The molecule has 3 rings (SSSR count). The van der Waals surface area contributed by atoms with Crippen LogP contribution in [0.25, 0.3) is 11.1 Å². The van der Waals surface area contributed by atoms with Gasteiger partial charge >= 0.3 is 0 Å². The molecule has 1 aromatic heterocycles. The second-order valence-corrected chi connectivity index (χ2v) is 6.54. The minimum Gasteiger partial charge on any atom is -0.485 e. The van der Waals surface area contributed by atoms with Crippen molar-refractivity contribution < 1.29 is 13.5 Å². The number of ether oxygens (including phenoxy) is 1. The molecular formula is C20H18ClF2N3O. The minimum atomic E-state index is -0.711. The molecule has 0 radical (unpaired) electrons. The molecule has 0 fully saturated rings. The lowest BCUT2D eigenvalue weighted by Crippen LogP contribution is -2.08. The van der Waals surface area contributed by atoms with E-state index in [1.165, 1.54) is 0 Å². The Bertz CT molecular complexity index is 962. The van der Waals surface area contributed by atoms with E-state index in [4.69, 9.17) is 22.1 Å². The molecule has 0 atom stereocenters. The first-order chi connectivity index (χ1) is 12.9. The van der Waals surface area contributed by atoms with Gasteiger partial charge < -0.3 is 15.4 Å². The van der Waals surface area contributed by atoms with E-state index in [0.29, 0.717) is 0 Å². The van der Waals surface area contributed by atoms with Gasteiger partial charge in [-0.15, -0.1) is 0 Å². The third-order valence-electron chi connectivity index (χ3n) is 4.11. The van der Waals surface area contributed by atoms with E-state index in [2.05, 4.69) is 4.98 Å². The lowest BCUT2D eigenvalue weighted by atomic mass is 10.1. The van der Waals surface area contributed by atoms with Gasteiger partial charge in [0, 0.05) is 37.1 Å². The molecule has 0 bridgehead atoms. The smallest absolute Gasteiger partial charge is 0.166 e. The first kappa shape index (κ1) is 18.9. The maximum Gasteiger partial charge on any atom is 0.166 e.